The van der Waals surface area contributed by atoms with Crippen LogP contribution in [0.25, 0.3) is 0 Å². The van der Waals surface area contributed by atoms with Crippen LogP contribution in [-0.4, -0.2) is 57.5 Å². The van der Waals surface area contributed by atoms with Crippen LogP contribution in [0.15, 0.2) is 0 Å². The lowest BCUT2D eigenvalue weighted by Gasteiger charge is -2.32. The lowest BCUT2D eigenvalue weighted by atomic mass is 9.92. The summed E-state index contributed by atoms with van der Waals surface area (Å²) < 4.78 is 24.2. The smallest absolute Gasteiger partial charge is 0.305 e. The summed E-state index contributed by atoms with van der Waals surface area (Å²) in [5, 5.41) is 0.802. The highest BCUT2D eigenvalue weighted by Crippen LogP contribution is 2.22. The van der Waals surface area contributed by atoms with E-state index in [0.717, 1.165) is 50.8 Å². The van der Waals surface area contributed by atoms with Crippen LogP contribution in [0.2, 0.25) is 0 Å². The van der Waals surface area contributed by atoms with Gasteiger partial charge in [-0.15, -0.1) is 0 Å². The predicted octanol–water partition coefficient (Wildman–Crippen LogP) is 8.65. The molecule has 36 heavy (non-hydrogen) atoms. The van der Waals surface area contributed by atoms with Gasteiger partial charge in [-0.05, 0) is 25.7 Å². The molecule has 0 aliphatic rings. The fraction of sp³-hybridized carbons (Fsp3) is 0.967. The van der Waals surface area contributed by atoms with Crippen LogP contribution < -0.4 is 0 Å². The monoisotopic (exact) mass is 578 g/mol. The van der Waals surface area contributed by atoms with Crippen LogP contribution in [0.4, 0.5) is 0 Å². The van der Waals surface area contributed by atoms with Gasteiger partial charge in [-0.2, -0.15) is 0 Å². The predicted molar refractivity (Wildman–Crippen MR) is 155 cm³/mol. The van der Waals surface area contributed by atoms with E-state index in [1.165, 1.54) is 77.0 Å². The van der Waals surface area contributed by atoms with Crippen molar-refractivity contribution in [2.24, 2.45) is 5.41 Å². The molecule has 0 N–H and O–H groups in total. The average molecular weight is 580 g/mol. The number of carbonyl (C=O) groups excluding carboxylic acids is 1. The van der Waals surface area contributed by atoms with Crippen LogP contribution in [0.1, 0.15) is 130 Å². The van der Waals surface area contributed by atoms with Gasteiger partial charge in [-0.25, -0.2) is 0 Å². The average Bonchev–Trinajstić information content (AvgIpc) is 2.89. The van der Waals surface area contributed by atoms with Crippen molar-refractivity contribution in [1.29, 1.82) is 0 Å². The lowest BCUT2D eigenvalue weighted by molar-refractivity contribution is -0.156. The zero-order chi connectivity index (χ0) is 26.6. The SMILES string of the molecule is CCCCCCCOCC(COCCCCCCC)(COCCCCCCC)COC(=O)CCCBr. The van der Waals surface area contributed by atoms with E-state index in [-0.39, 0.29) is 12.6 Å². The van der Waals surface area contributed by atoms with Crippen molar-refractivity contribution >= 4 is 21.9 Å². The van der Waals surface area contributed by atoms with Crippen LogP contribution in [0, 0.1) is 5.41 Å². The highest BCUT2D eigenvalue weighted by atomic mass is 79.9. The largest absolute Gasteiger partial charge is 0.465 e. The second-order valence-electron chi connectivity index (χ2n) is 10.4. The maximum atomic E-state index is 12.3. The van der Waals surface area contributed by atoms with Gasteiger partial charge >= 0.3 is 5.97 Å². The van der Waals surface area contributed by atoms with Gasteiger partial charge in [0.05, 0.1) is 25.2 Å². The quantitative estimate of drug-likeness (QED) is 0.0504. The molecule has 0 unspecified atom stereocenters. The molecule has 0 aromatic carbocycles. The Morgan fingerprint density at radius 1 is 0.556 bits per heavy atom. The summed E-state index contributed by atoms with van der Waals surface area (Å²) >= 11 is 3.39. The number of esters is 1. The molecule has 0 saturated carbocycles. The molecule has 0 spiro atoms. The molecule has 0 saturated heterocycles. The van der Waals surface area contributed by atoms with E-state index in [2.05, 4.69) is 36.7 Å². The molecule has 216 valence electrons. The topological polar surface area (TPSA) is 54.0 Å². The first-order valence-corrected chi connectivity index (χ1v) is 16.2. The second kappa shape index (κ2) is 27.9. The van der Waals surface area contributed by atoms with Crippen molar-refractivity contribution in [2.45, 2.75) is 130 Å². The number of ether oxygens (including phenoxy) is 4. The summed E-state index contributed by atoms with van der Waals surface area (Å²) in [6, 6.07) is 0. The summed E-state index contributed by atoms with van der Waals surface area (Å²) in [6.45, 7) is 10.7. The van der Waals surface area contributed by atoms with Gasteiger partial charge < -0.3 is 18.9 Å². The van der Waals surface area contributed by atoms with Crippen molar-refractivity contribution in [3.8, 4) is 0 Å². The minimum Gasteiger partial charge on any atom is -0.465 e. The van der Waals surface area contributed by atoms with E-state index in [1.807, 2.05) is 0 Å². The molecular formula is C30H59BrO5. The standard InChI is InChI=1S/C30H59BrO5/c1-4-7-10-13-16-22-33-25-30(28-36-29(32)20-19-21-31,26-34-23-17-14-11-8-5-2)27-35-24-18-15-12-9-6-3/h4-28H2,1-3H3. The minimum atomic E-state index is -0.458. The molecule has 0 aromatic rings. The maximum absolute atomic E-state index is 12.3. The third-order valence-corrected chi connectivity index (χ3v) is 7.02. The second-order valence-corrected chi connectivity index (χ2v) is 11.1. The Morgan fingerprint density at radius 2 is 0.944 bits per heavy atom. The summed E-state index contributed by atoms with van der Waals surface area (Å²) in [4.78, 5) is 12.3. The number of hydrogen-bond acceptors (Lipinski definition) is 5. The van der Waals surface area contributed by atoms with Gasteiger partial charge in [-0.1, -0.05) is 114 Å². The molecule has 0 aliphatic carbocycles. The Kier molecular flexibility index (Phi) is 27.7. The zero-order valence-electron chi connectivity index (χ0n) is 24.1. The molecule has 0 atom stereocenters. The van der Waals surface area contributed by atoms with Gasteiger partial charge in [0, 0.05) is 31.6 Å². The van der Waals surface area contributed by atoms with Crippen molar-refractivity contribution in [2.75, 3.05) is 51.6 Å². The Morgan fingerprint density at radius 3 is 1.31 bits per heavy atom. The lowest BCUT2D eigenvalue weighted by Crippen LogP contribution is -2.42. The molecule has 0 aliphatic heterocycles. The highest BCUT2D eigenvalue weighted by molar-refractivity contribution is 9.09. The third kappa shape index (κ3) is 23.0. The molecule has 5 nitrogen and oxygen atoms in total. The van der Waals surface area contributed by atoms with Gasteiger partial charge in [0.25, 0.3) is 0 Å². The molecule has 0 amide bonds. The summed E-state index contributed by atoms with van der Waals surface area (Å²) in [5.41, 5.74) is -0.458. The van der Waals surface area contributed by atoms with Crippen molar-refractivity contribution in [1.82, 2.24) is 0 Å². The molecule has 0 rings (SSSR count). The fourth-order valence-electron chi connectivity index (χ4n) is 4.06. The number of halogens is 1. The zero-order valence-corrected chi connectivity index (χ0v) is 25.7. The molecule has 0 bridgehead atoms. The Hall–Kier alpha value is -0.170. The molecular weight excluding hydrogens is 520 g/mol. The molecule has 0 fully saturated rings. The van der Waals surface area contributed by atoms with E-state index < -0.39 is 5.41 Å². The first-order valence-electron chi connectivity index (χ1n) is 15.1. The number of alkyl halides is 1. The summed E-state index contributed by atoms with van der Waals surface area (Å²) in [7, 11) is 0. The van der Waals surface area contributed by atoms with Gasteiger partial charge in [0.15, 0.2) is 0 Å². The van der Waals surface area contributed by atoms with E-state index in [1.54, 1.807) is 0 Å². The number of carbonyl (C=O) groups is 1. The van der Waals surface area contributed by atoms with Gasteiger partial charge in [-0.3, -0.25) is 4.79 Å². The Labute approximate surface area is 232 Å². The Balaban J connectivity index is 4.90. The summed E-state index contributed by atoms with van der Waals surface area (Å²) in [6.07, 6.45) is 19.4. The minimum absolute atomic E-state index is 0.155. The van der Waals surface area contributed by atoms with Gasteiger partial charge in [0.1, 0.15) is 6.61 Å². The van der Waals surface area contributed by atoms with E-state index >= 15 is 0 Å². The summed E-state index contributed by atoms with van der Waals surface area (Å²) in [5.74, 6) is -0.155. The van der Waals surface area contributed by atoms with Crippen LogP contribution in [0.5, 0.6) is 0 Å². The van der Waals surface area contributed by atoms with Crippen molar-refractivity contribution in [3.05, 3.63) is 0 Å². The first kappa shape index (κ1) is 35.8. The van der Waals surface area contributed by atoms with Crippen LogP contribution in [0.3, 0.4) is 0 Å². The van der Waals surface area contributed by atoms with Gasteiger partial charge in [0.2, 0.25) is 0 Å². The van der Waals surface area contributed by atoms with E-state index in [4.69, 9.17) is 18.9 Å². The van der Waals surface area contributed by atoms with Crippen molar-refractivity contribution in [3.63, 3.8) is 0 Å². The highest BCUT2D eigenvalue weighted by Gasteiger charge is 2.34. The third-order valence-electron chi connectivity index (χ3n) is 6.46. The molecule has 0 radical (unpaired) electrons. The fourth-order valence-corrected chi connectivity index (χ4v) is 4.34. The molecule has 0 aromatic heterocycles. The van der Waals surface area contributed by atoms with Crippen LogP contribution in [-0.2, 0) is 23.7 Å². The number of hydrogen-bond donors (Lipinski definition) is 0. The normalized spacial score (nSPS) is 11.8. The number of rotatable bonds is 29. The molecule has 0 heterocycles. The maximum Gasteiger partial charge on any atom is 0.305 e. The van der Waals surface area contributed by atoms with Crippen LogP contribution >= 0.6 is 15.9 Å². The van der Waals surface area contributed by atoms with E-state index in [9.17, 15) is 4.79 Å². The Bertz CT molecular complexity index is 415. The van der Waals surface area contributed by atoms with E-state index in [0.29, 0.717) is 26.2 Å². The van der Waals surface area contributed by atoms with Crippen molar-refractivity contribution < 1.29 is 23.7 Å². The molecule has 6 heteroatoms. The number of unbranched alkanes of at least 4 members (excludes halogenated alkanes) is 12. The first-order chi connectivity index (χ1) is 17.6.